The van der Waals surface area contributed by atoms with Crippen LogP contribution in [0.1, 0.15) is 13.3 Å². The minimum absolute atomic E-state index is 0.286. The molecule has 0 radical (unpaired) electrons. The van der Waals surface area contributed by atoms with Gasteiger partial charge in [0.25, 0.3) is 0 Å². The highest BCUT2D eigenvalue weighted by Crippen LogP contribution is 2.11. The van der Waals surface area contributed by atoms with Crippen LogP contribution in [0.4, 0.5) is 8.78 Å². The number of aliphatic hydroxyl groups excluding tert-OH is 1. The summed E-state index contributed by atoms with van der Waals surface area (Å²) in [5.74, 6) is -5.93. The standard InChI is InChI=1S/C7H13F2NO3/c1-2-5(3-11)10-4-7(8,9)6(12)13/h5,10-11H,2-4H2,1H3,(H,12,13). The zero-order valence-electron chi connectivity index (χ0n) is 7.26. The van der Waals surface area contributed by atoms with E-state index >= 15 is 0 Å². The molecule has 1 atom stereocenters. The van der Waals surface area contributed by atoms with E-state index in [1.54, 1.807) is 6.92 Å². The number of alkyl halides is 2. The van der Waals surface area contributed by atoms with Gasteiger partial charge >= 0.3 is 11.9 Å². The summed E-state index contributed by atoms with van der Waals surface area (Å²) in [6.07, 6.45) is 0.464. The number of nitrogens with one attached hydrogen (secondary N) is 1. The smallest absolute Gasteiger partial charge is 0.375 e. The third-order valence-corrected chi connectivity index (χ3v) is 1.64. The number of aliphatic carboxylic acids is 1. The highest BCUT2D eigenvalue weighted by atomic mass is 19.3. The van der Waals surface area contributed by atoms with Crippen molar-refractivity contribution in [1.29, 1.82) is 0 Å². The lowest BCUT2D eigenvalue weighted by atomic mass is 10.2. The Balaban J connectivity index is 3.92. The molecule has 0 aromatic rings. The van der Waals surface area contributed by atoms with Crippen LogP contribution in [0.3, 0.4) is 0 Å². The molecular formula is C7H13F2NO3. The summed E-state index contributed by atoms with van der Waals surface area (Å²) in [4.78, 5) is 9.96. The van der Waals surface area contributed by atoms with Gasteiger partial charge in [0.1, 0.15) is 0 Å². The van der Waals surface area contributed by atoms with E-state index in [1.165, 1.54) is 0 Å². The third-order valence-electron chi connectivity index (χ3n) is 1.64. The van der Waals surface area contributed by atoms with Gasteiger partial charge in [-0.05, 0) is 6.42 Å². The van der Waals surface area contributed by atoms with E-state index in [1.807, 2.05) is 0 Å². The van der Waals surface area contributed by atoms with Crippen LogP contribution in [0, 0.1) is 0 Å². The molecule has 0 aromatic heterocycles. The Morgan fingerprint density at radius 3 is 2.46 bits per heavy atom. The molecule has 0 fully saturated rings. The van der Waals surface area contributed by atoms with Gasteiger partial charge in [-0.25, -0.2) is 4.79 Å². The fourth-order valence-corrected chi connectivity index (χ4v) is 0.686. The predicted molar refractivity (Wildman–Crippen MR) is 41.8 cm³/mol. The zero-order chi connectivity index (χ0) is 10.5. The lowest BCUT2D eigenvalue weighted by Gasteiger charge is -2.17. The number of rotatable bonds is 6. The van der Waals surface area contributed by atoms with Gasteiger partial charge in [-0.3, -0.25) is 0 Å². The average molecular weight is 197 g/mol. The van der Waals surface area contributed by atoms with E-state index in [0.29, 0.717) is 6.42 Å². The Morgan fingerprint density at radius 2 is 2.15 bits per heavy atom. The molecule has 0 spiro atoms. The Bertz CT molecular complexity index is 171. The van der Waals surface area contributed by atoms with E-state index in [9.17, 15) is 13.6 Å². The van der Waals surface area contributed by atoms with Crippen LogP contribution in [-0.2, 0) is 4.79 Å². The largest absolute Gasteiger partial charge is 0.477 e. The summed E-state index contributed by atoms with van der Waals surface area (Å²) in [7, 11) is 0. The molecule has 1 unspecified atom stereocenters. The van der Waals surface area contributed by atoms with Crippen LogP contribution in [0.25, 0.3) is 0 Å². The molecule has 0 saturated carbocycles. The van der Waals surface area contributed by atoms with E-state index in [-0.39, 0.29) is 6.61 Å². The second-order valence-corrected chi connectivity index (χ2v) is 2.68. The highest BCUT2D eigenvalue weighted by molar-refractivity contribution is 5.75. The van der Waals surface area contributed by atoms with E-state index in [4.69, 9.17) is 10.2 Å². The first kappa shape index (κ1) is 12.2. The molecule has 4 nitrogen and oxygen atoms in total. The molecule has 0 heterocycles. The quantitative estimate of drug-likeness (QED) is 0.563. The van der Waals surface area contributed by atoms with Gasteiger partial charge in [-0.1, -0.05) is 6.92 Å². The number of carboxylic acid groups (broad SMARTS) is 1. The summed E-state index contributed by atoms with van der Waals surface area (Å²) in [6.45, 7) is 0.459. The molecule has 0 amide bonds. The number of halogens is 2. The van der Waals surface area contributed by atoms with Crippen molar-refractivity contribution in [1.82, 2.24) is 5.32 Å². The molecular weight excluding hydrogens is 184 g/mol. The van der Waals surface area contributed by atoms with Crippen molar-refractivity contribution in [2.45, 2.75) is 25.3 Å². The Hall–Kier alpha value is -0.750. The van der Waals surface area contributed by atoms with Crippen LogP contribution in [0.2, 0.25) is 0 Å². The Labute approximate surface area is 74.6 Å². The van der Waals surface area contributed by atoms with Gasteiger partial charge in [-0.2, -0.15) is 8.78 Å². The molecule has 78 valence electrons. The maximum atomic E-state index is 12.4. The highest BCUT2D eigenvalue weighted by Gasteiger charge is 2.38. The van der Waals surface area contributed by atoms with Gasteiger partial charge in [-0.15, -0.1) is 0 Å². The van der Waals surface area contributed by atoms with Crippen LogP contribution >= 0.6 is 0 Å². The SMILES string of the molecule is CCC(CO)NCC(F)(F)C(=O)O. The fourth-order valence-electron chi connectivity index (χ4n) is 0.686. The molecule has 6 heteroatoms. The molecule has 0 aliphatic carbocycles. The lowest BCUT2D eigenvalue weighted by Crippen LogP contribution is -2.44. The lowest BCUT2D eigenvalue weighted by molar-refractivity contribution is -0.164. The van der Waals surface area contributed by atoms with E-state index < -0.39 is 24.5 Å². The molecule has 0 aliphatic heterocycles. The van der Waals surface area contributed by atoms with Crippen LogP contribution in [-0.4, -0.2) is 41.3 Å². The van der Waals surface area contributed by atoms with Crippen LogP contribution in [0.15, 0.2) is 0 Å². The maximum absolute atomic E-state index is 12.4. The predicted octanol–water partition coefficient (Wildman–Crippen LogP) is 0.0668. The summed E-state index contributed by atoms with van der Waals surface area (Å²) in [5, 5.41) is 18.9. The normalized spacial score (nSPS) is 14.2. The molecule has 0 saturated heterocycles. The number of carbonyl (C=O) groups is 1. The molecule has 0 aliphatic rings. The second kappa shape index (κ2) is 5.08. The maximum Gasteiger partial charge on any atom is 0.375 e. The number of hydrogen-bond donors (Lipinski definition) is 3. The van der Waals surface area contributed by atoms with Crippen molar-refractivity contribution in [3.05, 3.63) is 0 Å². The molecule has 3 N–H and O–H groups in total. The summed E-state index contributed by atoms with van der Waals surface area (Å²) in [5.41, 5.74) is 0. The monoisotopic (exact) mass is 197 g/mol. The van der Waals surface area contributed by atoms with Crippen molar-refractivity contribution in [2.24, 2.45) is 0 Å². The average Bonchev–Trinajstić information content (AvgIpc) is 2.06. The first-order valence-electron chi connectivity index (χ1n) is 3.89. The minimum atomic E-state index is -3.78. The number of hydrogen-bond acceptors (Lipinski definition) is 3. The minimum Gasteiger partial charge on any atom is -0.477 e. The Kier molecular flexibility index (Phi) is 4.79. The molecule has 0 bridgehead atoms. The number of carboxylic acids is 1. The van der Waals surface area contributed by atoms with Crippen molar-refractivity contribution in [2.75, 3.05) is 13.2 Å². The van der Waals surface area contributed by atoms with Gasteiger partial charge in [0.15, 0.2) is 0 Å². The summed E-state index contributed by atoms with van der Waals surface area (Å²) in [6, 6.07) is -0.481. The van der Waals surface area contributed by atoms with E-state index in [0.717, 1.165) is 0 Å². The van der Waals surface area contributed by atoms with Gasteiger partial charge < -0.3 is 15.5 Å². The Morgan fingerprint density at radius 1 is 1.62 bits per heavy atom. The van der Waals surface area contributed by atoms with Gasteiger partial charge in [0.05, 0.1) is 13.2 Å². The number of aliphatic hydroxyl groups is 1. The summed E-state index contributed by atoms with van der Waals surface area (Å²) >= 11 is 0. The van der Waals surface area contributed by atoms with Crippen molar-refractivity contribution >= 4 is 5.97 Å². The molecule has 0 rings (SSSR count). The van der Waals surface area contributed by atoms with Gasteiger partial charge in [0, 0.05) is 6.04 Å². The first-order chi connectivity index (χ1) is 5.94. The van der Waals surface area contributed by atoms with Crippen molar-refractivity contribution < 1.29 is 23.8 Å². The molecule has 0 aromatic carbocycles. The van der Waals surface area contributed by atoms with Crippen LogP contribution in [0.5, 0.6) is 0 Å². The zero-order valence-corrected chi connectivity index (χ0v) is 7.26. The van der Waals surface area contributed by atoms with E-state index in [2.05, 4.69) is 5.32 Å². The van der Waals surface area contributed by atoms with Crippen molar-refractivity contribution in [3.8, 4) is 0 Å². The van der Waals surface area contributed by atoms with Gasteiger partial charge in [0.2, 0.25) is 0 Å². The fraction of sp³-hybridized carbons (Fsp3) is 0.857. The first-order valence-corrected chi connectivity index (χ1v) is 3.89. The topological polar surface area (TPSA) is 69.6 Å². The summed E-state index contributed by atoms with van der Waals surface area (Å²) < 4.78 is 24.9. The second-order valence-electron chi connectivity index (χ2n) is 2.68. The van der Waals surface area contributed by atoms with Crippen molar-refractivity contribution in [3.63, 3.8) is 0 Å². The molecule has 13 heavy (non-hydrogen) atoms. The van der Waals surface area contributed by atoms with Crippen LogP contribution < -0.4 is 5.32 Å². The third kappa shape index (κ3) is 4.14.